The number of alkyl carbamates (subject to hydrolysis) is 1. The molecular weight excluding hydrogens is 1500 g/mol. The molecular formula is C77H109ClN8O25S. The molecule has 33 nitrogen and oxygen atoms in total. The van der Waals surface area contributed by atoms with Gasteiger partial charge in [-0.3, -0.25) is 52.5 Å². The van der Waals surface area contributed by atoms with Gasteiger partial charge in [0.15, 0.2) is 6.10 Å². The second-order valence-electron chi connectivity index (χ2n) is 28.5. The number of ketones is 1. The van der Waals surface area contributed by atoms with E-state index in [9.17, 15) is 71.1 Å². The van der Waals surface area contributed by atoms with Crippen molar-refractivity contribution in [1.82, 2.24) is 36.8 Å². The Bertz CT molecular complexity index is 3770. The van der Waals surface area contributed by atoms with Crippen LogP contribution in [0.4, 0.5) is 10.5 Å². The topological polar surface area (TPSA) is 453 Å². The molecule has 0 saturated carbocycles. The number of Topliss-reactive ketones (excluding diaryl/α,β-unsaturated/α-hetero) is 1. The number of aliphatic carboxylic acids is 1. The van der Waals surface area contributed by atoms with Crippen LogP contribution in [-0.4, -0.2) is 223 Å². The molecule has 8 atom stereocenters. The van der Waals surface area contributed by atoms with Gasteiger partial charge in [-0.15, -0.1) is 0 Å². The molecule has 3 aromatic rings. The number of esters is 2. The van der Waals surface area contributed by atoms with E-state index in [1.54, 1.807) is 76.2 Å². The van der Waals surface area contributed by atoms with E-state index >= 15 is 0 Å². The van der Waals surface area contributed by atoms with Gasteiger partial charge in [0.2, 0.25) is 41.4 Å². The number of epoxide rings is 1. The molecule has 0 aliphatic carbocycles. The van der Waals surface area contributed by atoms with E-state index in [1.807, 2.05) is 45.0 Å². The molecule has 0 radical (unpaired) electrons. The minimum absolute atomic E-state index is 0.0105. The Kier molecular flexibility index (Phi) is 40.1. The molecule has 0 unspecified atom stereocenters. The predicted molar refractivity (Wildman–Crippen MR) is 407 cm³/mol. The number of nitrogens with zero attached hydrogens (tertiary/aromatic N) is 1. The fraction of sp³-hybridized carbons (Fsp3) is 0.584. The summed E-state index contributed by atoms with van der Waals surface area (Å²) in [5.74, 6) is -8.60. The number of nitrogens with one attached hydrogen (secondary N) is 7. The standard InChI is InChI=1S/C77H109ClN8O25S/c1-48(2)41-63-74(97)109-61(11-10-12-66(90)85-60(43-54-17-22-62(103-9)59(78)42-54)73(96)82-47-77(7,8)75(98)110-63)50(5)69-70(111-69)55-18-13-52(14-19-55)45-81-76(99)108-46-53-15-20-56(21-16-53)84-71(94)51(6)83-72(95)58(49(3)4)44-57(87)25-30-86(31-26-68(92)93)67(91)24-23-64(88)79-28-33-105-35-37-107-39-38-106-36-34-104-32-27-65(89)80-29-40-112(100,101)102/h10,12-22,42,48-51,58,60-61,63,69-70H,11,23-41,43-47H2,1-9H3,(H,79,88)(H,80,89)(H,81,99)(H,82,96)(H,83,95)(H,84,94)(H,85,90)(H,92,93)(H,100,101,102)/b12-10+/t50-,51-,58-,60+,61-,63-,69+,70+/m0/s1. The van der Waals surface area contributed by atoms with Gasteiger partial charge >= 0.3 is 24.0 Å². The Morgan fingerprint density at radius 2 is 1.34 bits per heavy atom. The number of anilines is 1. The first kappa shape index (κ1) is 93.4. The first-order valence-electron chi connectivity index (χ1n) is 37.3. The number of carbonyl (C=O) groups excluding carboxylic acids is 11. The molecule has 35 heteroatoms. The van der Waals surface area contributed by atoms with Crippen LogP contribution in [-0.2, 0) is 120 Å². The van der Waals surface area contributed by atoms with Crippen LogP contribution in [0.1, 0.15) is 135 Å². The number of amides is 8. The molecule has 2 heterocycles. The van der Waals surface area contributed by atoms with E-state index in [4.69, 9.17) is 58.8 Å². The summed E-state index contributed by atoms with van der Waals surface area (Å²) in [5.41, 5.74) is 1.88. The molecule has 5 rings (SSSR count). The minimum Gasteiger partial charge on any atom is -0.495 e. The van der Waals surface area contributed by atoms with E-state index in [2.05, 4.69) is 37.2 Å². The number of hydrogen-bond acceptors (Lipinski definition) is 23. The van der Waals surface area contributed by atoms with E-state index in [0.717, 1.165) is 11.1 Å². The summed E-state index contributed by atoms with van der Waals surface area (Å²) in [4.78, 5) is 158. The third kappa shape index (κ3) is 35.7. The number of cyclic esters (lactones) is 2. The summed E-state index contributed by atoms with van der Waals surface area (Å²) < 4.78 is 80.6. The Balaban J connectivity index is 0.999. The highest BCUT2D eigenvalue weighted by Crippen LogP contribution is 2.45. The van der Waals surface area contributed by atoms with Gasteiger partial charge in [0.05, 0.1) is 88.7 Å². The smallest absolute Gasteiger partial charge is 0.407 e. The number of rotatable bonds is 46. The average Bonchev–Trinajstić information content (AvgIpc) is 1.64. The van der Waals surface area contributed by atoms with Crippen molar-refractivity contribution in [2.24, 2.45) is 29.1 Å². The maximum absolute atomic E-state index is 14.0. The molecule has 9 N–H and O–H groups in total. The minimum atomic E-state index is -4.16. The van der Waals surface area contributed by atoms with Crippen molar-refractivity contribution in [2.45, 2.75) is 163 Å². The summed E-state index contributed by atoms with van der Waals surface area (Å²) in [5, 5.41) is 28.3. The Labute approximate surface area is 658 Å². The highest BCUT2D eigenvalue weighted by molar-refractivity contribution is 7.85. The monoisotopic (exact) mass is 1610 g/mol. The van der Waals surface area contributed by atoms with Gasteiger partial charge in [0, 0.05) is 102 Å². The van der Waals surface area contributed by atoms with Crippen molar-refractivity contribution in [1.29, 1.82) is 0 Å². The maximum Gasteiger partial charge on any atom is 0.407 e. The number of benzene rings is 3. The molecule has 8 amide bonds. The normalized spacial score (nSPS) is 18.4. The number of carbonyl (C=O) groups is 12. The Hall–Kier alpha value is -9.16. The molecule has 1 fully saturated rings. The lowest BCUT2D eigenvalue weighted by Crippen LogP contribution is -2.51. The van der Waals surface area contributed by atoms with E-state index < -0.39 is 141 Å². The highest BCUT2D eigenvalue weighted by atomic mass is 35.5. The zero-order valence-electron chi connectivity index (χ0n) is 65.0. The molecule has 2 aliphatic rings. The maximum atomic E-state index is 14.0. The molecule has 112 heavy (non-hydrogen) atoms. The van der Waals surface area contributed by atoms with Crippen molar-refractivity contribution >= 4 is 98.5 Å². The van der Waals surface area contributed by atoms with Crippen LogP contribution < -0.4 is 42.0 Å². The molecule has 3 aromatic carbocycles. The molecule has 0 spiro atoms. The first-order chi connectivity index (χ1) is 53.1. The number of carboxylic acid groups (broad SMARTS) is 1. The van der Waals surface area contributed by atoms with Crippen LogP contribution in [0.2, 0.25) is 5.02 Å². The van der Waals surface area contributed by atoms with Crippen LogP contribution in [0.5, 0.6) is 5.75 Å². The zero-order chi connectivity index (χ0) is 82.5. The third-order valence-corrected chi connectivity index (χ3v) is 19.0. The summed E-state index contributed by atoms with van der Waals surface area (Å²) in [6.07, 6.45) is -1.85. The molecule has 620 valence electrons. The lowest BCUT2D eigenvalue weighted by molar-refractivity contribution is -0.179. The average molecular weight is 1610 g/mol. The number of halogens is 1. The van der Waals surface area contributed by atoms with Gasteiger partial charge in [-0.1, -0.05) is 94.8 Å². The summed E-state index contributed by atoms with van der Waals surface area (Å²) in [7, 11) is -2.68. The molecule has 2 aliphatic heterocycles. The van der Waals surface area contributed by atoms with Gasteiger partial charge in [0.25, 0.3) is 10.1 Å². The lowest BCUT2D eigenvalue weighted by Gasteiger charge is -2.29. The summed E-state index contributed by atoms with van der Waals surface area (Å²) >= 11 is 6.39. The van der Waals surface area contributed by atoms with Gasteiger partial charge in [-0.05, 0) is 91.6 Å². The first-order valence-corrected chi connectivity index (χ1v) is 39.2. The van der Waals surface area contributed by atoms with Crippen LogP contribution in [0.25, 0.3) is 0 Å². The van der Waals surface area contributed by atoms with Gasteiger partial charge in [-0.25, -0.2) is 9.59 Å². The van der Waals surface area contributed by atoms with Crippen LogP contribution in [0.15, 0.2) is 78.9 Å². The third-order valence-electron chi connectivity index (χ3n) is 18.0. The zero-order valence-corrected chi connectivity index (χ0v) is 66.5. The number of hydrogen-bond donors (Lipinski definition) is 9. The van der Waals surface area contributed by atoms with Crippen molar-refractivity contribution in [3.63, 3.8) is 0 Å². The molecule has 0 bridgehead atoms. The SMILES string of the molecule is COc1ccc(C[C@H]2NC(=O)/C=C/C[C@@H]([C@H](C)[C@H]3O[C@@H]3c3ccc(CNC(=O)OCc4ccc(NC(=O)[C@H](C)NC(=O)[C@@H](CC(=O)CCN(CCC(=O)O)C(=O)CCC(=O)NCCOCCOCCOCCOCCC(=O)NCCS(=O)(=O)O)C(C)C)cc4)cc3)OC(=O)[C@H](CC(C)C)OC(=O)C(C)(C)CNC2=O)cc1Cl. The fourth-order valence-electron chi connectivity index (χ4n) is 11.2. The van der Waals surface area contributed by atoms with Crippen LogP contribution >= 0.6 is 11.6 Å². The second-order valence-corrected chi connectivity index (χ2v) is 30.5. The van der Waals surface area contributed by atoms with Gasteiger partial charge in [0.1, 0.15) is 42.4 Å². The van der Waals surface area contributed by atoms with E-state index in [-0.39, 0.29) is 168 Å². The number of methoxy groups -OCH3 is 1. The van der Waals surface area contributed by atoms with E-state index in [1.165, 1.54) is 25.0 Å². The van der Waals surface area contributed by atoms with Gasteiger partial charge in [-0.2, -0.15) is 8.42 Å². The molecule has 1 saturated heterocycles. The van der Waals surface area contributed by atoms with Crippen LogP contribution in [0.3, 0.4) is 0 Å². The Morgan fingerprint density at radius 1 is 0.723 bits per heavy atom. The largest absolute Gasteiger partial charge is 0.495 e. The van der Waals surface area contributed by atoms with Crippen LogP contribution in [0, 0.1) is 29.1 Å². The summed E-state index contributed by atoms with van der Waals surface area (Å²) in [6.45, 7) is 14.9. The number of carboxylic acids is 1. The number of ether oxygens (including phenoxy) is 9. The van der Waals surface area contributed by atoms with Crippen molar-refractivity contribution in [2.75, 3.05) is 104 Å². The fourth-order valence-corrected chi connectivity index (χ4v) is 11.9. The van der Waals surface area contributed by atoms with E-state index in [0.29, 0.717) is 27.6 Å². The highest BCUT2D eigenvalue weighted by Gasteiger charge is 2.48. The summed E-state index contributed by atoms with van der Waals surface area (Å²) in [6, 6.07) is 16.7. The second kappa shape index (κ2) is 48.0. The quantitative estimate of drug-likeness (QED) is 0.0114. The van der Waals surface area contributed by atoms with Crippen molar-refractivity contribution < 1.29 is 118 Å². The lowest BCUT2D eigenvalue weighted by atomic mass is 9.89. The van der Waals surface area contributed by atoms with Gasteiger partial charge < -0.3 is 89.9 Å². The Morgan fingerprint density at radius 3 is 1.96 bits per heavy atom. The molecule has 0 aromatic heterocycles. The predicted octanol–water partition coefficient (Wildman–Crippen LogP) is 5.28. The van der Waals surface area contributed by atoms with Crippen molar-refractivity contribution in [3.8, 4) is 5.75 Å². The van der Waals surface area contributed by atoms with Crippen molar-refractivity contribution in [3.05, 3.63) is 106 Å².